The van der Waals surface area contributed by atoms with E-state index in [1.54, 1.807) is 24.3 Å². The smallest absolute Gasteiger partial charge is 0.257 e. The minimum atomic E-state index is -0.257. The summed E-state index contributed by atoms with van der Waals surface area (Å²) >= 11 is 9.14. The fourth-order valence-electron chi connectivity index (χ4n) is 4.86. The Morgan fingerprint density at radius 3 is 2.72 bits per heavy atom. The zero-order valence-electron chi connectivity index (χ0n) is 19.3. The molecule has 0 radical (unpaired) electrons. The Balaban J connectivity index is 1.20. The van der Waals surface area contributed by atoms with Crippen molar-refractivity contribution in [2.45, 2.75) is 30.0 Å². The monoisotopic (exact) mass is 531 g/mol. The Morgan fingerprint density at radius 2 is 1.83 bits per heavy atom. The van der Waals surface area contributed by atoms with Crippen LogP contribution in [0.1, 0.15) is 39.3 Å². The van der Waals surface area contributed by atoms with E-state index in [-0.39, 0.29) is 11.8 Å². The minimum absolute atomic E-state index is 0.0892. The molecule has 0 spiro atoms. The lowest BCUT2D eigenvalue weighted by molar-refractivity contribution is 0.0942. The van der Waals surface area contributed by atoms with Crippen LogP contribution in [0.15, 0.2) is 71.1 Å². The molecule has 3 aromatic carbocycles. The van der Waals surface area contributed by atoms with Gasteiger partial charge in [0.1, 0.15) is 0 Å². The Kier molecular flexibility index (Phi) is 6.29. The van der Waals surface area contributed by atoms with E-state index in [0.717, 1.165) is 39.3 Å². The number of carbonyl (C=O) groups excluding carboxylic acids is 2. The summed E-state index contributed by atoms with van der Waals surface area (Å²) in [5.74, 6) is 0.152. The average molecular weight is 532 g/mol. The molecule has 1 N–H and O–H groups in total. The number of para-hydroxylation sites is 1. The topological polar surface area (TPSA) is 64.0 Å². The summed E-state index contributed by atoms with van der Waals surface area (Å²) in [6.45, 7) is 0. The number of nitrogens with one attached hydrogen (secondary N) is 1. The maximum absolute atomic E-state index is 13.4. The van der Waals surface area contributed by atoms with Gasteiger partial charge in [-0.1, -0.05) is 53.7 Å². The van der Waals surface area contributed by atoms with Crippen molar-refractivity contribution < 1.29 is 9.59 Å². The van der Waals surface area contributed by atoms with Crippen molar-refractivity contribution in [3.8, 4) is 0 Å². The SMILES string of the molecule is O=C(Nc1ccc2nc(SCC(=O)n3c4c(c5ccccc53)CCCC4)sc2c1)c1ccccc1Cl. The van der Waals surface area contributed by atoms with Gasteiger partial charge in [0.15, 0.2) is 4.34 Å². The number of hydrogen-bond donors (Lipinski definition) is 1. The summed E-state index contributed by atoms with van der Waals surface area (Å²) in [5, 5.41) is 4.52. The van der Waals surface area contributed by atoms with E-state index in [2.05, 4.69) is 11.4 Å². The Hall–Kier alpha value is -3.13. The number of aromatic nitrogens is 2. The van der Waals surface area contributed by atoms with E-state index in [1.165, 1.54) is 46.2 Å². The van der Waals surface area contributed by atoms with Crippen LogP contribution in [-0.4, -0.2) is 27.1 Å². The van der Waals surface area contributed by atoms with Gasteiger partial charge in [0.05, 0.1) is 32.1 Å². The molecule has 6 rings (SSSR count). The minimum Gasteiger partial charge on any atom is -0.322 e. The standard InChI is InChI=1S/C28H22ClN3O2S2/c29-21-10-4-1-9-20(21)27(34)30-17-13-14-22-25(15-17)36-28(31-22)35-16-26(33)32-23-11-5-2-7-18(23)19-8-3-6-12-24(19)32/h1-2,4-5,7,9-11,13-15H,3,6,8,12,16H2,(H,30,34). The number of aryl methyl sites for hydroxylation is 1. The summed E-state index contributed by atoms with van der Waals surface area (Å²) in [5.41, 5.74) is 5.47. The number of fused-ring (bicyclic) bond motifs is 4. The number of amides is 1. The Morgan fingerprint density at radius 1 is 1.03 bits per heavy atom. The van der Waals surface area contributed by atoms with Crippen LogP contribution in [0.3, 0.4) is 0 Å². The molecule has 0 bridgehead atoms. The third-order valence-corrected chi connectivity index (χ3v) is 8.97. The fraction of sp³-hybridized carbons (Fsp3) is 0.179. The molecule has 180 valence electrons. The van der Waals surface area contributed by atoms with Gasteiger partial charge < -0.3 is 5.32 Å². The first kappa shape index (κ1) is 23.3. The lowest BCUT2D eigenvalue weighted by Crippen LogP contribution is -2.18. The van der Waals surface area contributed by atoms with Crippen molar-refractivity contribution in [1.82, 2.24) is 9.55 Å². The molecule has 5 nitrogen and oxygen atoms in total. The van der Waals surface area contributed by atoms with Gasteiger partial charge in [0, 0.05) is 16.8 Å². The van der Waals surface area contributed by atoms with E-state index in [4.69, 9.17) is 16.6 Å². The molecule has 2 aromatic heterocycles. The van der Waals surface area contributed by atoms with E-state index in [0.29, 0.717) is 22.0 Å². The van der Waals surface area contributed by atoms with E-state index < -0.39 is 0 Å². The number of carbonyl (C=O) groups is 2. The molecule has 5 aromatic rings. The molecular weight excluding hydrogens is 510 g/mol. The fourth-order valence-corrected chi connectivity index (χ4v) is 7.03. The Labute approximate surface area is 221 Å². The molecule has 1 aliphatic rings. The molecule has 8 heteroatoms. The second kappa shape index (κ2) is 9.73. The normalized spacial score (nSPS) is 13.1. The zero-order valence-corrected chi connectivity index (χ0v) is 21.7. The lowest BCUT2D eigenvalue weighted by atomic mass is 9.96. The molecule has 0 unspecified atom stereocenters. The van der Waals surface area contributed by atoms with Crippen LogP contribution in [0, 0.1) is 0 Å². The molecule has 1 aliphatic carbocycles. The first-order valence-electron chi connectivity index (χ1n) is 11.8. The van der Waals surface area contributed by atoms with Crippen LogP contribution < -0.4 is 5.32 Å². The third kappa shape index (κ3) is 4.32. The summed E-state index contributed by atoms with van der Waals surface area (Å²) < 4.78 is 3.72. The van der Waals surface area contributed by atoms with E-state index >= 15 is 0 Å². The zero-order chi connectivity index (χ0) is 24.6. The average Bonchev–Trinajstić information content (AvgIpc) is 3.46. The molecule has 36 heavy (non-hydrogen) atoms. The number of hydrogen-bond acceptors (Lipinski definition) is 5. The number of thioether (sulfide) groups is 1. The molecule has 0 saturated heterocycles. The van der Waals surface area contributed by atoms with Gasteiger partial charge in [0.2, 0.25) is 5.91 Å². The molecular formula is C28H22ClN3O2S2. The predicted octanol–water partition coefficient (Wildman–Crippen LogP) is 7.47. The second-order valence-corrected chi connectivity index (χ2v) is 11.4. The van der Waals surface area contributed by atoms with Crippen molar-refractivity contribution in [2.24, 2.45) is 0 Å². The number of thiazole rings is 1. The van der Waals surface area contributed by atoms with Gasteiger partial charge in [-0.3, -0.25) is 14.2 Å². The number of halogens is 1. The third-order valence-electron chi connectivity index (χ3n) is 6.49. The lowest BCUT2D eigenvalue weighted by Gasteiger charge is -2.14. The van der Waals surface area contributed by atoms with Crippen LogP contribution >= 0.6 is 34.7 Å². The van der Waals surface area contributed by atoms with Crippen LogP contribution in [0.2, 0.25) is 5.02 Å². The Bertz CT molecular complexity index is 1640. The number of nitrogens with zero attached hydrogens (tertiary/aromatic N) is 2. The van der Waals surface area contributed by atoms with Gasteiger partial charge in [-0.05, 0) is 67.6 Å². The maximum atomic E-state index is 13.4. The van der Waals surface area contributed by atoms with Crippen LogP contribution in [0.25, 0.3) is 21.1 Å². The van der Waals surface area contributed by atoms with Gasteiger partial charge in [-0.2, -0.15) is 0 Å². The number of rotatable bonds is 5. The highest BCUT2D eigenvalue weighted by Crippen LogP contribution is 2.34. The van der Waals surface area contributed by atoms with Crippen molar-refractivity contribution >= 4 is 73.3 Å². The van der Waals surface area contributed by atoms with Gasteiger partial charge in [-0.15, -0.1) is 11.3 Å². The first-order valence-corrected chi connectivity index (χ1v) is 14.0. The van der Waals surface area contributed by atoms with E-state index in [1.807, 2.05) is 41.0 Å². The van der Waals surface area contributed by atoms with Crippen LogP contribution in [-0.2, 0) is 12.8 Å². The highest BCUT2D eigenvalue weighted by molar-refractivity contribution is 8.01. The largest absolute Gasteiger partial charge is 0.322 e. The molecule has 0 saturated carbocycles. The summed E-state index contributed by atoms with van der Waals surface area (Å²) in [6.07, 6.45) is 4.29. The quantitative estimate of drug-likeness (QED) is 0.239. The molecule has 1 amide bonds. The van der Waals surface area contributed by atoms with Crippen LogP contribution in [0.4, 0.5) is 5.69 Å². The highest BCUT2D eigenvalue weighted by atomic mass is 35.5. The van der Waals surface area contributed by atoms with Crippen molar-refractivity contribution in [1.29, 1.82) is 0 Å². The molecule has 0 aliphatic heterocycles. The van der Waals surface area contributed by atoms with Crippen molar-refractivity contribution in [2.75, 3.05) is 11.1 Å². The number of anilines is 1. The van der Waals surface area contributed by atoms with Gasteiger partial charge in [0.25, 0.3) is 5.91 Å². The van der Waals surface area contributed by atoms with Crippen LogP contribution in [0.5, 0.6) is 0 Å². The van der Waals surface area contributed by atoms with Crippen molar-refractivity contribution in [3.05, 3.63) is 88.6 Å². The summed E-state index contributed by atoms with van der Waals surface area (Å²) in [7, 11) is 0. The van der Waals surface area contributed by atoms with Crippen molar-refractivity contribution in [3.63, 3.8) is 0 Å². The number of benzene rings is 3. The molecule has 0 fully saturated rings. The first-order chi connectivity index (χ1) is 17.6. The molecule has 2 heterocycles. The second-order valence-electron chi connectivity index (χ2n) is 8.76. The maximum Gasteiger partial charge on any atom is 0.257 e. The summed E-state index contributed by atoms with van der Waals surface area (Å²) in [4.78, 5) is 30.7. The summed E-state index contributed by atoms with van der Waals surface area (Å²) in [6, 6.07) is 20.8. The highest BCUT2D eigenvalue weighted by Gasteiger charge is 2.23. The van der Waals surface area contributed by atoms with Gasteiger partial charge >= 0.3 is 0 Å². The predicted molar refractivity (Wildman–Crippen MR) is 149 cm³/mol. The van der Waals surface area contributed by atoms with Gasteiger partial charge in [-0.25, -0.2) is 4.98 Å². The molecule has 0 atom stereocenters. The van der Waals surface area contributed by atoms with E-state index in [9.17, 15) is 9.59 Å².